The molecule has 6 nitrogen and oxygen atoms in total. The van der Waals surface area contributed by atoms with E-state index < -0.39 is 11.7 Å². The molecule has 2 rings (SSSR count). The van der Waals surface area contributed by atoms with Gasteiger partial charge in [0.1, 0.15) is 0 Å². The monoisotopic (exact) mass is 258 g/mol. The lowest BCUT2D eigenvalue weighted by molar-refractivity contribution is -0.117. The Kier molecular flexibility index (Phi) is 4.02. The topological polar surface area (TPSA) is 76.9 Å². The van der Waals surface area contributed by atoms with Crippen LogP contribution in [0.2, 0.25) is 0 Å². The average molecular weight is 258 g/mol. The van der Waals surface area contributed by atoms with Crippen LogP contribution < -0.4 is 5.32 Å². The molecule has 0 aliphatic carbocycles. The Morgan fingerprint density at radius 3 is 2.84 bits per heavy atom. The van der Waals surface area contributed by atoms with Crippen molar-refractivity contribution in [2.24, 2.45) is 0 Å². The number of hydrogen-bond donors (Lipinski definition) is 1. The van der Waals surface area contributed by atoms with Gasteiger partial charge in [-0.25, -0.2) is 0 Å². The summed E-state index contributed by atoms with van der Waals surface area (Å²) in [6.45, 7) is 2.33. The zero-order chi connectivity index (χ0) is 13.7. The number of nitrogens with zero attached hydrogens (tertiary/aromatic N) is 3. The van der Waals surface area contributed by atoms with E-state index in [0.29, 0.717) is 6.54 Å². The summed E-state index contributed by atoms with van der Waals surface area (Å²) in [6.07, 6.45) is 6.38. The molecule has 0 fully saturated rings. The van der Waals surface area contributed by atoms with Gasteiger partial charge < -0.3 is 5.32 Å². The second kappa shape index (κ2) is 5.90. The fraction of sp³-hybridized carbons (Fsp3) is 0.231. The van der Waals surface area contributed by atoms with Crippen molar-refractivity contribution in [1.29, 1.82) is 0 Å². The molecule has 1 atom stereocenters. The smallest absolute Gasteiger partial charge is 0.292 e. The van der Waals surface area contributed by atoms with Gasteiger partial charge in [-0.3, -0.25) is 19.3 Å². The lowest BCUT2D eigenvalue weighted by Gasteiger charge is -2.13. The van der Waals surface area contributed by atoms with Crippen LogP contribution in [0.1, 0.15) is 17.3 Å². The van der Waals surface area contributed by atoms with Gasteiger partial charge in [0.25, 0.3) is 11.7 Å². The number of carbonyl (C=O) groups is 2. The van der Waals surface area contributed by atoms with Crippen LogP contribution in [0.5, 0.6) is 0 Å². The Morgan fingerprint density at radius 1 is 1.37 bits per heavy atom. The maximum absolute atomic E-state index is 11.8. The van der Waals surface area contributed by atoms with E-state index in [1.165, 1.54) is 6.20 Å². The van der Waals surface area contributed by atoms with E-state index in [4.69, 9.17) is 0 Å². The van der Waals surface area contributed by atoms with Gasteiger partial charge in [0.15, 0.2) is 0 Å². The van der Waals surface area contributed by atoms with Crippen LogP contribution in [-0.2, 0) is 11.3 Å². The minimum atomic E-state index is -0.632. The first kappa shape index (κ1) is 12.9. The van der Waals surface area contributed by atoms with E-state index in [-0.39, 0.29) is 11.6 Å². The van der Waals surface area contributed by atoms with Gasteiger partial charge in [0.2, 0.25) is 0 Å². The minimum absolute atomic E-state index is 0.187. The molecule has 0 spiro atoms. The predicted molar refractivity (Wildman–Crippen MR) is 68.4 cm³/mol. The Balaban J connectivity index is 1.92. The van der Waals surface area contributed by atoms with Crippen LogP contribution >= 0.6 is 0 Å². The summed E-state index contributed by atoms with van der Waals surface area (Å²) in [7, 11) is 0. The van der Waals surface area contributed by atoms with Crippen LogP contribution in [0.4, 0.5) is 0 Å². The molecule has 0 saturated heterocycles. The predicted octanol–water partition coefficient (Wildman–Crippen LogP) is 0.666. The summed E-state index contributed by atoms with van der Waals surface area (Å²) in [4.78, 5) is 27.4. The molecule has 2 heterocycles. The maximum atomic E-state index is 11.8. The SMILES string of the molecule is C[C@@H](Cn1cccn1)NC(=O)C(=O)c1cccnc1. The molecule has 0 bridgehead atoms. The third-order valence-corrected chi connectivity index (χ3v) is 2.53. The van der Waals surface area contributed by atoms with E-state index in [0.717, 1.165) is 0 Å². The molecule has 0 aliphatic heterocycles. The number of pyridine rings is 1. The molecular weight excluding hydrogens is 244 g/mol. The molecule has 0 radical (unpaired) electrons. The molecule has 0 aliphatic rings. The average Bonchev–Trinajstić information content (AvgIpc) is 2.91. The zero-order valence-corrected chi connectivity index (χ0v) is 10.5. The number of hydrogen-bond acceptors (Lipinski definition) is 4. The molecule has 0 saturated carbocycles. The molecule has 6 heteroatoms. The molecule has 0 aromatic carbocycles. The van der Waals surface area contributed by atoms with Gasteiger partial charge >= 0.3 is 0 Å². The molecule has 98 valence electrons. The summed E-state index contributed by atoms with van der Waals surface area (Å²) >= 11 is 0. The number of rotatable bonds is 5. The largest absolute Gasteiger partial charge is 0.345 e. The van der Waals surface area contributed by atoms with Crippen molar-refractivity contribution in [2.45, 2.75) is 19.5 Å². The van der Waals surface area contributed by atoms with Gasteiger partial charge in [-0.1, -0.05) is 0 Å². The first-order valence-electron chi connectivity index (χ1n) is 5.89. The quantitative estimate of drug-likeness (QED) is 0.631. The number of ketones is 1. The number of Topliss-reactive ketones (excluding diaryl/α,β-unsaturated/α-hetero) is 1. The van der Waals surface area contributed by atoms with Crippen molar-refractivity contribution >= 4 is 11.7 Å². The van der Waals surface area contributed by atoms with E-state index >= 15 is 0 Å². The number of nitrogens with one attached hydrogen (secondary N) is 1. The van der Waals surface area contributed by atoms with Crippen LogP contribution in [-0.4, -0.2) is 32.5 Å². The molecule has 2 aromatic rings. The van der Waals surface area contributed by atoms with E-state index in [1.54, 1.807) is 41.5 Å². The van der Waals surface area contributed by atoms with Crippen molar-refractivity contribution < 1.29 is 9.59 Å². The van der Waals surface area contributed by atoms with Gasteiger partial charge in [-0.05, 0) is 25.1 Å². The highest BCUT2D eigenvalue weighted by Gasteiger charge is 2.18. The molecule has 1 N–H and O–H groups in total. The molecule has 1 amide bonds. The lowest BCUT2D eigenvalue weighted by Crippen LogP contribution is -2.40. The third-order valence-electron chi connectivity index (χ3n) is 2.53. The Labute approximate surface area is 110 Å². The first-order valence-corrected chi connectivity index (χ1v) is 5.89. The normalized spacial score (nSPS) is 11.8. The van der Waals surface area contributed by atoms with Crippen molar-refractivity contribution in [3.63, 3.8) is 0 Å². The highest BCUT2D eigenvalue weighted by Crippen LogP contribution is 1.98. The third kappa shape index (κ3) is 3.48. The van der Waals surface area contributed by atoms with Crippen molar-refractivity contribution in [3.8, 4) is 0 Å². The summed E-state index contributed by atoms with van der Waals surface area (Å²) in [6, 6.07) is 4.80. The van der Waals surface area contributed by atoms with Crippen LogP contribution in [0.15, 0.2) is 43.0 Å². The maximum Gasteiger partial charge on any atom is 0.292 e. The van der Waals surface area contributed by atoms with Gasteiger partial charge in [0, 0.05) is 36.4 Å². The van der Waals surface area contributed by atoms with E-state index in [9.17, 15) is 9.59 Å². The van der Waals surface area contributed by atoms with Gasteiger partial charge in [-0.15, -0.1) is 0 Å². The molecule has 2 aromatic heterocycles. The fourth-order valence-electron chi connectivity index (χ4n) is 1.65. The van der Waals surface area contributed by atoms with E-state index in [2.05, 4.69) is 15.4 Å². The second-order valence-electron chi connectivity index (χ2n) is 4.17. The Bertz CT molecular complexity index is 551. The first-order chi connectivity index (χ1) is 9.16. The summed E-state index contributed by atoms with van der Waals surface area (Å²) < 4.78 is 1.69. The summed E-state index contributed by atoms with van der Waals surface area (Å²) in [5.74, 6) is -1.21. The van der Waals surface area contributed by atoms with E-state index in [1.807, 2.05) is 6.92 Å². The van der Waals surface area contributed by atoms with Crippen LogP contribution in [0.25, 0.3) is 0 Å². The van der Waals surface area contributed by atoms with Crippen molar-refractivity contribution in [3.05, 3.63) is 48.5 Å². The summed E-state index contributed by atoms with van der Waals surface area (Å²) in [5.41, 5.74) is 0.284. The Morgan fingerprint density at radius 2 is 2.21 bits per heavy atom. The zero-order valence-electron chi connectivity index (χ0n) is 10.5. The van der Waals surface area contributed by atoms with Crippen LogP contribution in [0, 0.1) is 0 Å². The van der Waals surface area contributed by atoms with Crippen LogP contribution in [0.3, 0.4) is 0 Å². The fourth-order valence-corrected chi connectivity index (χ4v) is 1.65. The van der Waals surface area contributed by atoms with Crippen molar-refractivity contribution in [1.82, 2.24) is 20.1 Å². The molecule has 19 heavy (non-hydrogen) atoms. The lowest BCUT2D eigenvalue weighted by atomic mass is 10.2. The number of carbonyl (C=O) groups excluding carboxylic acids is 2. The number of amides is 1. The second-order valence-corrected chi connectivity index (χ2v) is 4.17. The standard InChI is InChI=1S/C13H14N4O2/c1-10(9-17-7-3-6-15-17)16-13(19)12(18)11-4-2-5-14-8-11/h2-8,10H,9H2,1H3,(H,16,19)/t10-/m0/s1. The molecular formula is C13H14N4O2. The Hall–Kier alpha value is -2.50. The van der Waals surface area contributed by atoms with Crippen molar-refractivity contribution in [2.75, 3.05) is 0 Å². The van der Waals surface area contributed by atoms with Gasteiger partial charge in [0.05, 0.1) is 6.54 Å². The van der Waals surface area contributed by atoms with Gasteiger partial charge in [-0.2, -0.15) is 5.10 Å². The number of aromatic nitrogens is 3. The molecule has 0 unspecified atom stereocenters. The highest BCUT2D eigenvalue weighted by atomic mass is 16.2. The minimum Gasteiger partial charge on any atom is -0.345 e. The summed E-state index contributed by atoms with van der Waals surface area (Å²) in [5, 5.41) is 6.68. The highest BCUT2D eigenvalue weighted by molar-refractivity contribution is 6.42.